The van der Waals surface area contributed by atoms with Crippen molar-refractivity contribution in [3.05, 3.63) is 40.8 Å². The monoisotopic (exact) mass is 208 g/mol. The number of nitrogen functional groups attached to an aromatic ring is 1. The van der Waals surface area contributed by atoms with Crippen molar-refractivity contribution in [3.63, 3.8) is 0 Å². The summed E-state index contributed by atoms with van der Waals surface area (Å²) < 4.78 is 15.7. The Morgan fingerprint density at radius 1 is 1.47 bits per heavy atom. The molecule has 0 amide bonds. The smallest absolute Gasteiger partial charge is 0.278 e. The number of nitrogens with two attached hydrogens (primary N) is 1. The van der Waals surface area contributed by atoms with Gasteiger partial charge in [-0.25, -0.2) is 4.39 Å². The Kier molecular flexibility index (Phi) is 2.03. The Labute approximate surface area is 84.6 Å². The number of aryl methyl sites for hydroxylation is 1. The van der Waals surface area contributed by atoms with E-state index in [-0.39, 0.29) is 5.69 Å². The first kappa shape index (κ1) is 9.45. The maximum absolute atomic E-state index is 13.0. The van der Waals surface area contributed by atoms with E-state index in [1.807, 2.05) is 0 Å². The summed E-state index contributed by atoms with van der Waals surface area (Å²) in [4.78, 5) is 11.6. The molecular weight excluding hydrogens is 199 g/mol. The lowest BCUT2D eigenvalue weighted by molar-refractivity contribution is 0.614. The molecule has 0 aliphatic rings. The Balaban J connectivity index is 2.67. The number of aromatic nitrogens is 3. The molecule has 78 valence electrons. The fraction of sp³-hybridized carbons (Fsp3) is 0.111. The summed E-state index contributed by atoms with van der Waals surface area (Å²) in [6.07, 6.45) is 4.14. The molecule has 15 heavy (non-hydrogen) atoms. The molecule has 2 rings (SSSR count). The Morgan fingerprint density at radius 3 is 2.80 bits per heavy atom. The van der Waals surface area contributed by atoms with Gasteiger partial charge in [-0.1, -0.05) is 0 Å². The maximum Gasteiger partial charge on any atom is 0.278 e. The van der Waals surface area contributed by atoms with Crippen molar-refractivity contribution in [2.75, 3.05) is 5.73 Å². The zero-order chi connectivity index (χ0) is 11.0. The molecule has 2 heterocycles. The number of hydrogen-bond donors (Lipinski definition) is 1. The van der Waals surface area contributed by atoms with Crippen molar-refractivity contribution >= 4 is 5.69 Å². The standard InChI is InChI=1S/C9H9FN4O/c1-13-5-7(3-12-13)14-4-6(10)2-8(11)9(14)15/h2-5H,11H2,1H3. The lowest BCUT2D eigenvalue weighted by atomic mass is 10.4. The number of halogens is 1. The van der Waals surface area contributed by atoms with E-state index < -0.39 is 11.4 Å². The van der Waals surface area contributed by atoms with Gasteiger partial charge in [0.2, 0.25) is 0 Å². The largest absolute Gasteiger partial charge is 0.394 e. The normalized spacial score (nSPS) is 10.5. The first-order valence-electron chi connectivity index (χ1n) is 4.24. The highest BCUT2D eigenvalue weighted by Crippen LogP contribution is 2.06. The lowest BCUT2D eigenvalue weighted by Crippen LogP contribution is -2.21. The molecule has 2 N–H and O–H groups in total. The third-order valence-electron chi connectivity index (χ3n) is 1.98. The van der Waals surface area contributed by atoms with Crippen LogP contribution in [0.25, 0.3) is 5.69 Å². The molecule has 5 nitrogen and oxygen atoms in total. The van der Waals surface area contributed by atoms with Crippen LogP contribution in [0.15, 0.2) is 29.5 Å². The van der Waals surface area contributed by atoms with Crippen LogP contribution in [-0.2, 0) is 7.05 Å². The first-order chi connectivity index (χ1) is 7.08. The van der Waals surface area contributed by atoms with Crippen LogP contribution in [0, 0.1) is 5.82 Å². The molecule has 2 aromatic rings. The average Bonchev–Trinajstić information content (AvgIpc) is 2.58. The fourth-order valence-corrected chi connectivity index (χ4v) is 1.29. The van der Waals surface area contributed by atoms with Crippen LogP contribution in [0.5, 0.6) is 0 Å². The molecule has 0 aromatic carbocycles. The van der Waals surface area contributed by atoms with E-state index in [9.17, 15) is 9.18 Å². The quantitative estimate of drug-likeness (QED) is 0.732. The van der Waals surface area contributed by atoms with E-state index in [4.69, 9.17) is 5.73 Å². The molecule has 0 spiro atoms. The first-order valence-corrected chi connectivity index (χ1v) is 4.24. The van der Waals surface area contributed by atoms with Gasteiger partial charge in [-0.3, -0.25) is 14.0 Å². The van der Waals surface area contributed by atoms with Crippen LogP contribution >= 0.6 is 0 Å². The molecule has 0 fully saturated rings. The van der Waals surface area contributed by atoms with Crippen LogP contribution in [0.2, 0.25) is 0 Å². The van der Waals surface area contributed by atoms with Gasteiger partial charge in [-0.05, 0) is 0 Å². The van der Waals surface area contributed by atoms with Crippen LogP contribution in [0.4, 0.5) is 10.1 Å². The van der Waals surface area contributed by atoms with Crippen molar-refractivity contribution in [3.8, 4) is 5.69 Å². The van der Waals surface area contributed by atoms with Gasteiger partial charge in [0.25, 0.3) is 5.56 Å². The summed E-state index contributed by atoms with van der Waals surface area (Å²) >= 11 is 0. The van der Waals surface area contributed by atoms with E-state index in [0.29, 0.717) is 5.69 Å². The average molecular weight is 208 g/mol. The number of anilines is 1. The Bertz CT molecular complexity index is 557. The van der Waals surface area contributed by atoms with Gasteiger partial charge in [0, 0.05) is 25.5 Å². The summed E-state index contributed by atoms with van der Waals surface area (Å²) in [5.41, 5.74) is 5.27. The second kappa shape index (κ2) is 3.23. The molecule has 0 radical (unpaired) electrons. The highest BCUT2D eigenvalue weighted by atomic mass is 19.1. The second-order valence-corrected chi connectivity index (χ2v) is 3.16. The Hall–Kier alpha value is -2.11. The second-order valence-electron chi connectivity index (χ2n) is 3.16. The van der Waals surface area contributed by atoms with Crippen LogP contribution < -0.4 is 11.3 Å². The van der Waals surface area contributed by atoms with E-state index in [2.05, 4.69) is 5.10 Å². The lowest BCUT2D eigenvalue weighted by Gasteiger charge is -2.02. The summed E-state index contributed by atoms with van der Waals surface area (Å²) in [5, 5.41) is 3.89. The predicted octanol–water partition coefficient (Wildman–Crippen LogP) is 0.292. The van der Waals surface area contributed by atoms with Crippen molar-refractivity contribution in [1.29, 1.82) is 0 Å². The molecule has 0 saturated heterocycles. The van der Waals surface area contributed by atoms with Gasteiger partial charge in [-0.15, -0.1) is 0 Å². The summed E-state index contributed by atoms with van der Waals surface area (Å²) in [7, 11) is 1.71. The SMILES string of the molecule is Cn1cc(-n2cc(F)cc(N)c2=O)cn1. The molecule has 0 saturated carbocycles. The highest BCUT2D eigenvalue weighted by molar-refractivity contribution is 5.39. The topological polar surface area (TPSA) is 65.8 Å². The van der Waals surface area contributed by atoms with Crippen molar-refractivity contribution < 1.29 is 4.39 Å². The summed E-state index contributed by atoms with van der Waals surface area (Å²) in [5.74, 6) is -0.559. The zero-order valence-corrected chi connectivity index (χ0v) is 8.01. The van der Waals surface area contributed by atoms with Crippen molar-refractivity contribution in [2.45, 2.75) is 0 Å². The molecular formula is C9H9FN4O. The van der Waals surface area contributed by atoms with Gasteiger partial charge in [-0.2, -0.15) is 5.10 Å². The van der Waals surface area contributed by atoms with Gasteiger partial charge < -0.3 is 5.73 Å². The molecule has 0 bridgehead atoms. The third-order valence-corrected chi connectivity index (χ3v) is 1.98. The fourth-order valence-electron chi connectivity index (χ4n) is 1.29. The highest BCUT2D eigenvalue weighted by Gasteiger charge is 2.06. The van der Waals surface area contributed by atoms with Crippen molar-refractivity contribution in [2.24, 2.45) is 7.05 Å². The Morgan fingerprint density at radius 2 is 2.20 bits per heavy atom. The van der Waals surface area contributed by atoms with E-state index in [1.54, 1.807) is 13.2 Å². The maximum atomic E-state index is 13.0. The van der Waals surface area contributed by atoms with E-state index in [0.717, 1.165) is 16.8 Å². The minimum Gasteiger partial charge on any atom is -0.394 e. The van der Waals surface area contributed by atoms with Crippen LogP contribution in [0.1, 0.15) is 0 Å². The molecule has 0 atom stereocenters. The summed E-state index contributed by atoms with van der Waals surface area (Å²) in [6, 6.07) is 0.995. The number of rotatable bonds is 1. The van der Waals surface area contributed by atoms with Gasteiger partial charge in [0.15, 0.2) is 0 Å². The van der Waals surface area contributed by atoms with Crippen LogP contribution in [-0.4, -0.2) is 14.3 Å². The van der Waals surface area contributed by atoms with E-state index in [1.165, 1.54) is 10.9 Å². The van der Waals surface area contributed by atoms with Gasteiger partial charge in [0.1, 0.15) is 11.5 Å². The molecule has 6 heteroatoms. The van der Waals surface area contributed by atoms with Gasteiger partial charge in [0.05, 0.1) is 11.9 Å². The number of hydrogen-bond acceptors (Lipinski definition) is 3. The molecule has 0 aliphatic carbocycles. The summed E-state index contributed by atoms with van der Waals surface area (Å²) in [6.45, 7) is 0. The minimum absolute atomic E-state index is 0.126. The third kappa shape index (κ3) is 1.61. The van der Waals surface area contributed by atoms with Crippen molar-refractivity contribution in [1.82, 2.24) is 14.3 Å². The molecule has 2 aromatic heterocycles. The zero-order valence-electron chi connectivity index (χ0n) is 8.01. The number of nitrogens with zero attached hydrogens (tertiary/aromatic N) is 3. The van der Waals surface area contributed by atoms with E-state index >= 15 is 0 Å². The number of pyridine rings is 1. The molecule has 0 unspecified atom stereocenters. The predicted molar refractivity (Wildman–Crippen MR) is 53.2 cm³/mol. The van der Waals surface area contributed by atoms with Gasteiger partial charge >= 0.3 is 0 Å². The molecule has 0 aliphatic heterocycles. The van der Waals surface area contributed by atoms with Crippen LogP contribution in [0.3, 0.4) is 0 Å². The minimum atomic E-state index is -0.559.